The molecule has 1 N–H and O–H groups in total. The van der Waals surface area contributed by atoms with Crippen molar-refractivity contribution < 1.29 is 4.79 Å². The Balaban J connectivity index is 1.44. The van der Waals surface area contributed by atoms with Gasteiger partial charge in [-0.05, 0) is 50.0 Å². The van der Waals surface area contributed by atoms with E-state index in [-0.39, 0.29) is 0 Å². The molecule has 1 aromatic rings. The number of amides is 1. The molecule has 2 atom stereocenters. The monoisotopic (exact) mass is 292 g/mol. The first-order valence-electron chi connectivity index (χ1n) is 7.76. The molecule has 3 heterocycles. The normalized spacial score (nSPS) is 28.6. The molecule has 2 unspecified atom stereocenters. The summed E-state index contributed by atoms with van der Waals surface area (Å²) in [6.45, 7) is 0. The van der Waals surface area contributed by atoms with Crippen molar-refractivity contribution in [3.63, 3.8) is 0 Å². The predicted molar refractivity (Wildman–Crippen MR) is 83.0 cm³/mol. The van der Waals surface area contributed by atoms with Crippen LogP contribution < -0.4 is 5.32 Å². The number of piperidine rings is 1. The van der Waals surface area contributed by atoms with Gasteiger partial charge in [-0.15, -0.1) is 11.3 Å². The van der Waals surface area contributed by atoms with E-state index >= 15 is 0 Å². The molecule has 1 aromatic heterocycles. The SMILES string of the molecule is CN(C(=O)CCCc1cccs1)C1CC2CCC(C1)N2. The average Bonchev–Trinajstić information content (AvgIpc) is 3.07. The van der Waals surface area contributed by atoms with Gasteiger partial charge in [-0.25, -0.2) is 0 Å². The Morgan fingerprint density at radius 2 is 2.15 bits per heavy atom. The molecule has 2 aliphatic rings. The number of nitrogens with zero attached hydrogens (tertiary/aromatic N) is 1. The molecule has 4 heteroatoms. The second-order valence-corrected chi connectivity index (χ2v) is 7.23. The molecule has 2 aliphatic heterocycles. The van der Waals surface area contributed by atoms with Gasteiger partial charge in [0.2, 0.25) is 5.91 Å². The average molecular weight is 292 g/mol. The molecule has 3 rings (SSSR count). The van der Waals surface area contributed by atoms with Gasteiger partial charge in [0, 0.05) is 36.5 Å². The summed E-state index contributed by atoms with van der Waals surface area (Å²) in [4.78, 5) is 15.7. The van der Waals surface area contributed by atoms with Crippen LogP contribution in [-0.2, 0) is 11.2 Å². The van der Waals surface area contributed by atoms with Crippen molar-refractivity contribution in [2.24, 2.45) is 0 Å². The van der Waals surface area contributed by atoms with Gasteiger partial charge in [-0.1, -0.05) is 6.07 Å². The third-order valence-electron chi connectivity index (χ3n) is 4.78. The van der Waals surface area contributed by atoms with Crippen molar-refractivity contribution in [3.8, 4) is 0 Å². The van der Waals surface area contributed by atoms with E-state index in [9.17, 15) is 4.79 Å². The van der Waals surface area contributed by atoms with E-state index in [1.807, 2.05) is 11.9 Å². The number of fused-ring (bicyclic) bond motifs is 2. The summed E-state index contributed by atoms with van der Waals surface area (Å²) >= 11 is 1.79. The molecule has 2 fully saturated rings. The fraction of sp³-hybridized carbons (Fsp3) is 0.688. The Bertz CT molecular complexity index is 433. The van der Waals surface area contributed by atoms with E-state index in [1.54, 1.807) is 11.3 Å². The molecular formula is C16H24N2OS. The Morgan fingerprint density at radius 1 is 1.40 bits per heavy atom. The molecule has 20 heavy (non-hydrogen) atoms. The molecule has 110 valence electrons. The molecule has 0 spiro atoms. The van der Waals surface area contributed by atoms with Gasteiger partial charge in [-0.2, -0.15) is 0 Å². The molecular weight excluding hydrogens is 268 g/mol. The summed E-state index contributed by atoms with van der Waals surface area (Å²) in [5.41, 5.74) is 0. The van der Waals surface area contributed by atoms with Gasteiger partial charge in [0.05, 0.1) is 0 Å². The van der Waals surface area contributed by atoms with E-state index < -0.39 is 0 Å². The van der Waals surface area contributed by atoms with Crippen molar-refractivity contribution in [2.75, 3.05) is 7.05 Å². The van der Waals surface area contributed by atoms with Crippen molar-refractivity contribution >= 4 is 17.2 Å². The lowest BCUT2D eigenvalue weighted by Gasteiger charge is -2.35. The first-order valence-corrected chi connectivity index (χ1v) is 8.64. The standard InChI is InChI=1S/C16H24N2OS/c1-18(14-10-12-7-8-13(11-14)17-12)16(19)6-2-4-15-5-3-9-20-15/h3,5,9,12-14,17H,2,4,6-8,10-11H2,1H3. The lowest BCUT2D eigenvalue weighted by atomic mass is 9.98. The number of rotatable bonds is 5. The summed E-state index contributed by atoms with van der Waals surface area (Å²) < 4.78 is 0. The summed E-state index contributed by atoms with van der Waals surface area (Å²) in [6.07, 6.45) is 7.57. The van der Waals surface area contributed by atoms with Crippen LogP contribution in [0.4, 0.5) is 0 Å². The van der Waals surface area contributed by atoms with Crippen LogP contribution in [0.2, 0.25) is 0 Å². The minimum Gasteiger partial charge on any atom is -0.343 e. The first kappa shape index (κ1) is 14.1. The van der Waals surface area contributed by atoms with Crippen LogP contribution in [0.15, 0.2) is 17.5 Å². The van der Waals surface area contributed by atoms with Crippen LogP contribution in [0.3, 0.4) is 0 Å². The van der Waals surface area contributed by atoms with E-state index in [4.69, 9.17) is 0 Å². The molecule has 3 nitrogen and oxygen atoms in total. The lowest BCUT2D eigenvalue weighted by molar-refractivity contribution is -0.132. The second-order valence-electron chi connectivity index (χ2n) is 6.20. The highest BCUT2D eigenvalue weighted by Gasteiger charge is 2.36. The third-order valence-corrected chi connectivity index (χ3v) is 5.72. The molecule has 0 saturated carbocycles. The number of hydrogen-bond acceptors (Lipinski definition) is 3. The van der Waals surface area contributed by atoms with Gasteiger partial charge in [-0.3, -0.25) is 4.79 Å². The van der Waals surface area contributed by atoms with Gasteiger partial charge in [0.15, 0.2) is 0 Å². The first-order chi connectivity index (χ1) is 9.72. The Labute approximate surface area is 125 Å². The number of aryl methyl sites for hydroxylation is 1. The van der Waals surface area contributed by atoms with E-state index in [0.29, 0.717) is 30.5 Å². The van der Waals surface area contributed by atoms with Crippen LogP contribution in [0.5, 0.6) is 0 Å². The van der Waals surface area contributed by atoms with Crippen LogP contribution in [0.1, 0.15) is 43.4 Å². The fourth-order valence-electron chi connectivity index (χ4n) is 3.59. The zero-order valence-electron chi connectivity index (χ0n) is 12.2. The lowest BCUT2D eigenvalue weighted by Crippen LogP contribution is -2.48. The molecule has 2 saturated heterocycles. The summed E-state index contributed by atoms with van der Waals surface area (Å²) in [5, 5.41) is 5.74. The highest BCUT2D eigenvalue weighted by atomic mass is 32.1. The number of nitrogens with one attached hydrogen (secondary N) is 1. The zero-order chi connectivity index (χ0) is 13.9. The van der Waals surface area contributed by atoms with E-state index in [2.05, 4.69) is 22.8 Å². The largest absolute Gasteiger partial charge is 0.343 e. The third kappa shape index (κ3) is 3.23. The molecule has 0 radical (unpaired) electrons. The quantitative estimate of drug-likeness (QED) is 0.905. The van der Waals surface area contributed by atoms with Crippen LogP contribution in [0.25, 0.3) is 0 Å². The minimum absolute atomic E-state index is 0.327. The maximum Gasteiger partial charge on any atom is 0.222 e. The Kier molecular flexibility index (Phi) is 4.41. The fourth-order valence-corrected chi connectivity index (χ4v) is 4.34. The van der Waals surface area contributed by atoms with E-state index in [0.717, 1.165) is 25.7 Å². The molecule has 2 bridgehead atoms. The molecule has 1 amide bonds. The Morgan fingerprint density at radius 3 is 2.80 bits per heavy atom. The topological polar surface area (TPSA) is 32.3 Å². The smallest absolute Gasteiger partial charge is 0.222 e. The van der Waals surface area contributed by atoms with Gasteiger partial charge in [0.25, 0.3) is 0 Å². The highest BCUT2D eigenvalue weighted by Crippen LogP contribution is 2.29. The van der Waals surface area contributed by atoms with Gasteiger partial charge in [0.1, 0.15) is 0 Å². The van der Waals surface area contributed by atoms with Crippen molar-refractivity contribution in [1.82, 2.24) is 10.2 Å². The minimum atomic E-state index is 0.327. The predicted octanol–water partition coefficient (Wildman–Crippen LogP) is 2.81. The zero-order valence-corrected chi connectivity index (χ0v) is 13.0. The molecule has 0 aromatic carbocycles. The summed E-state index contributed by atoms with van der Waals surface area (Å²) in [6, 6.07) is 6.01. The number of hydrogen-bond donors (Lipinski definition) is 1. The van der Waals surface area contributed by atoms with Crippen molar-refractivity contribution in [3.05, 3.63) is 22.4 Å². The number of thiophene rings is 1. The summed E-state index contributed by atoms with van der Waals surface area (Å²) in [5.74, 6) is 0.327. The van der Waals surface area contributed by atoms with Crippen LogP contribution >= 0.6 is 11.3 Å². The number of carbonyl (C=O) groups excluding carboxylic acids is 1. The van der Waals surface area contributed by atoms with Crippen LogP contribution in [0, 0.1) is 0 Å². The Hall–Kier alpha value is -0.870. The summed E-state index contributed by atoms with van der Waals surface area (Å²) in [7, 11) is 2.00. The van der Waals surface area contributed by atoms with Crippen molar-refractivity contribution in [2.45, 2.75) is 63.1 Å². The van der Waals surface area contributed by atoms with Gasteiger partial charge < -0.3 is 10.2 Å². The number of carbonyl (C=O) groups is 1. The maximum absolute atomic E-state index is 12.3. The van der Waals surface area contributed by atoms with Crippen LogP contribution in [-0.4, -0.2) is 36.0 Å². The molecule has 0 aliphatic carbocycles. The van der Waals surface area contributed by atoms with E-state index in [1.165, 1.54) is 17.7 Å². The maximum atomic E-state index is 12.3. The highest BCUT2D eigenvalue weighted by molar-refractivity contribution is 7.09. The second kappa shape index (κ2) is 6.27. The van der Waals surface area contributed by atoms with Gasteiger partial charge >= 0.3 is 0 Å². The van der Waals surface area contributed by atoms with Crippen molar-refractivity contribution in [1.29, 1.82) is 0 Å².